The van der Waals surface area contributed by atoms with Gasteiger partial charge in [0.2, 0.25) is 0 Å². The zero-order chi connectivity index (χ0) is 21.1. The lowest BCUT2D eigenvalue weighted by atomic mass is 10.1. The second-order valence-corrected chi connectivity index (χ2v) is 7.83. The number of rotatable bonds is 5. The van der Waals surface area contributed by atoms with E-state index in [1.807, 2.05) is 42.5 Å². The fraction of sp³-hybridized carbons (Fsp3) is 0. The number of benzene rings is 3. The Kier molecular flexibility index (Phi) is 5.53. The standard InChI is InChI=1S/C22H13ClN4O2S/c23-19-10-15(6-9-21(19)30-17-4-2-1-3-5-17)26-22-14(12-24)13-25-20-8-7-16(27(28)29)11-18(20)22/h1-11,13H,(H,25,26). The number of nitriles is 1. The van der Waals surface area contributed by atoms with Crippen LogP contribution in [0.25, 0.3) is 10.9 Å². The second kappa shape index (κ2) is 8.41. The summed E-state index contributed by atoms with van der Waals surface area (Å²) in [7, 11) is 0. The molecule has 1 heterocycles. The van der Waals surface area contributed by atoms with Gasteiger partial charge in [0.15, 0.2) is 0 Å². The largest absolute Gasteiger partial charge is 0.354 e. The van der Waals surface area contributed by atoms with E-state index in [0.29, 0.717) is 27.3 Å². The van der Waals surface area contributed by atoms with Gasteiger partial charge in [0.25, 0.3) is 5.69 Å². The van der Waals surface area contributed by atoms with E-state index in [1.165, 1.54) is 18.3 Å². The van der Waals surface area contributed by atoms with Crippen molar-refractivity contribution < 1.29 is 4.92 Å². The molecule has 0 aliphatic heterocycles. The number of aromatic nitrogens is 1. The maximum atomic E-state index is 11.2. The van der Waals surface area contributed by atoms with E-state index >= 15 is 0 Å². The van der Waals surface area contributed by atoms with Gasteiger partial charge in [-0.2, -0.15) is 5.26 Å². The number of fused-ring (bicyclic) bond motifs is 1. The Bertz CT molecular complexity index is 1310. The van der Waals surface area contributed by atoms with Gasteiger partial charge in [-0.1, -0.05) is 41.6 Å². The number of pyridine rings is 1. The summed E-state index contributed by atoms with van der Waals surface area (Å²) >= 11 is 8.02. The first-order valence-electron chi connectivity index (χ1n) is 8.82. The zero-order valence-electron chi connectivity index (χ0n) is 15.4. The first-order valence-corrected chi connectivity index (χ1v) is 10.0. The lowest BCUT2D eigenvalue weighted by molar-refractivity contribution is -0.384. The van der Waals surface area contributed by atoms with E-state index in [-0.39, 0.29) is 11.3 Å². The van der Waals surface area contributed by atoms with Gasteiger partial charge in [-0.15, -0.1) is 0 Å². The van der Waals surface area contributed by atoms with E-state index in [0.717, 1.165) is 9.79 Å². The molecule has 0 saturated carbocycles. The van der Waals surface area contributed by atoms with Gasteiger partial charge in [-0.05, 0) is 36.4 Å². The highest BCUT2D eigenvalue weighted by Crippen LogP contribution is 2.37. The summed E-state index contributed by atoms with van der Waals surface area (Å²) in [6.45, 7) is 0. The van der Waals surface area contributed by atoms with Gasteiger partial charge in [-0.25, -0.2) is 0 Å². The smallest absolute Gasteiger partial charge is 0.270 e. The normalized spacial score (nSPS) is 10.5. The van der Waals surface area contributed by atoms with Crippen LogP contribution >= 0.6 is 23.4 Å². The van der Waals surface area contributed by atoms with Crippen LogP contribution in [0.2, 0.25) is 5.02 Å². The van der Waals surface area contributed by atoms with Crippen molar-refractivity contribution in [1.29, 1.82) is 5.26 Å². The summed E-state index contributed by atoms with van der Waals surface area (Å²) in [6, 6.07) is 21.8. The number of nitrogens with zero attached hydrogens (tertiary/aromatic N) is 3. The maximum absolute atomic E-state index is 11.2. The molecule has 8 heteroatoms. The molecule has 0 aliphatic rings. The molecule has 0 radical (unpaired) electrons. The van der Waals surface area contributed by atoms with Crippen LogP contribution < -0.4 is 5.32 Å². The Balaban J connectivity index is 1.71. The molecule has 0 aliphatic carbocycles. The van der Waals surface area contributed by atoms with Crippen molar-refractivity contribution in [1.82, 2.24) is 4.98 Å². The Morgan fingerprint density at radius 3 is 2.60 bits per heavy atom. The number of nitro groups is 1. The highest BCUT2D eigenvalue weighted by molar-refractivity contribution is 7.99. The van der Waals surface area contributed by atoms with Crippen LogP contribution in [0.3, 0.4) is 0 Å². The lowest BCUT2D eigenvalue weighted by Crippen LogP contribution is -1.98. The van der Waals surface area contributed by atoms with Gasteiger partial charge >= 0.3 is 0 Å². The SMILES string of the molecule is N#Cc1cnc2ccc([N+](=O)[O-])cc2c1Nc1ccc(Sc2ccccc2)c(Cl)c1. The summed E-state index contributed by atoms with van der Waals surface area (Å²) in [6.07, 6.45) is 1.44. The molecule has 1 N–H and O–H groups in total. The molecule has 4 rings (SSSR count). The van der Waals surface area contributed by atoms with Crippen LogP contribution in [0.15, 0.2) is 82.7 Å². The Morgan fingerprint density at radius 1 is 1.10 bits per heavy atom. The Morgan fingerprint density at radius 2 is 1.90 bits per heavy atom. The third-order valence-corrected chi connectivity index (χ3v) is 5.86. The topological polar surface area (TPSA) is 91.8 Å². The highest BCUT2D eigenvalue weighted by Gasteiger charge is 2.14. The van der Waals surface area contributed by atoms with E-state index < -0.39 is 4.92 Å². The first kappa shape index (κ1) is 19.7. The molecule has 0 atom stereocenters. The van der Waals surface area contributed by atoms with Crippen molar-refractivity contribution in [2.45, 2.75) is 9.79 Å². The van der Waals surface area contributed by atoms with Crippen molar-refractivity contribution in [2.75, 3.05) is 5.32 Å². The molecule has 0 unspecified atom stereocenters. The van der Waals surface area contributed by atoms with E-state index in [1.54, 1.807) is 23.9 Å². The minimum atomic E-state index is -0.477. The maximum Gasteiger partial charge on any atom is 0.270 e. The molecule has 3 aromatic carbocycles. The molecule has 0 amide bonds. The molecule has 0 fully saturated rings. The van der Waals surface area contributed by atoms with E-state index in [2.05, 4.69) is 16.4 Å². The van der Waals surface area contributed by atoms with Gasteiger partial charge in [0.1, 0.15) is 6.07 Å². The average molecular weight is 433 g/mol. The molecule has 30 heavy (non-hydrogen) atoms. The quantitative estimate of drug-likeness (QED) is 0.283. The van der Waals surface area contributed by atoms with Crippen molar-refractivity contribution in [2.24, 2.45) is 0 Å². The molecule has 0 bridgehead atoms. The van der Waals surface area contributed by atoms with Crippen molar-refractivity contribution in [3.8, 4) is 6.07 Å². The van der Waals surface area contributed by atoms with Crippen LogP contribution in [0, 0.1) is 21.4 Å². The van der Waals surface area contributed by atoms with Gasteiger partial charge in [0, 0.05) is 39.2 Å². The van der Waals surface area contributed by atoms with Crippen LogP contribution in [-0.2, 0) is 0 Å². The van der Waals surface area contributed by atoms with Gasteiger partial charge in [-0.3, -0.25) is 15.1 Å². The van der Waals surface area contributed by atoms with Gasteiger partial charge in [0.05, 0.1) is 26.7 Å². The zero-order valence-corrected chi connectivity index (χ0v) is 16.9. The van der Waals surface area contributed by atoms with Crippen LogP contribution in [0.1, 0.15) is 5.56 Å². The molecule has 146 valence electrons. The number of halogens is 1. The van der Waals surface area contributed by atoms with Crippen LogP contribution in [0.5, 0.6) is 0 Å². The van der Waals surface area contributed by atoms with Crippen molar-refractivity contribution in [3.05, 3.63) is 93.6 Å². The predicted molar refractivity (Wildman–Crippen MR) is 118 cm³/mol. The minimum absolute atomic E-state index is 0.0740. The third-order valence-electron chi connectivity index (χ3n) is 4.36. The fourth-order valence-electron chi connectivity index (χ4n) is 2.93. The van der Waals surface area contributed by atoms with Crippen molar-refractivity contribution >= 4 is 51.3 Å². The highest BCUT2D eigenvalue weighted by atomic mass is 35.5. The molecule has 4 aromatic rings. The number of anilines is 2. The molecule has 6 nitrogen and oxygen atoms in total. The van der Waals surface area contributed by atoms with Crippen molar-refractivity contribution in [3.63, 3.8) is 0 Å². The summed E-state index contributed by atoms with van der Waals surface area (Å²) < 4.78 is 0. The monoisotopic (exact) mass is 432 g/mol. The van der Waals surface area contributed by atoms with Gasteiger partial charge < -0.3 is 5.32 Å². The van der Waals surface area contributed by atoms with Crippen LogP contribution in [-0.4, -0.2) is 9.91 Å². The molecule has 1 aromatic heterocycles. The van der Waals surface area contributed by atoms with E-state index in [4.69, 9.17) is 11.6 Å². The van der Waals surface area contributed by atoms with Crippen LogP contribution in [0.4, 0.5) is 17.1 Å². The third kappa shape index (κ3) is 4.06. The summed E-state index contributed by atoms with van der Waals surface area (Å²) in [5.74, 6) is 0. The summed E-state index contributed by atoms with van der Waals surface area (Å²) in [5.41, 5.74) is 1.86. The predicted octanol–water partition coefficient (Wildman–Crippen LogP) is 6.56. The second-order valence-electron chi connectivity index (χ2n) is 6.30. The number of hydrogen-bond donors (Lipinski definition) is 1. The summed E-state index contributed by atoms with van der Waals surface area (Å²) in [5, 5.41) is 24.9. The number of hydrogen-bond acceptors (Lipinski definition) is 6. The first-order chi connectivity index (χ1) is 14.5. The Hall–Kier alpha value is -3.60. The number of nitro benzene ring substituents is 1. The minimum Gasteiger partial charge on any atom is -0.354 e. The molecular weight excluding hydrogens is 420 g/mol. The number of non-ortho nitro benzene ring substituents is 1. The average Bonchev–Trinajstić information content (AvgIpc) is 2.76. The summed E-state index contributed by atoms with van der Waals surface area (Å²) in [4.78, 5) is 16.9. The molecule has 0 saturated heterocycles. The molecule has 0 spiro atoms. The number of nitrogens with one attached hydrogen (secondary N) is 1. The van der Waals surface area contributed by atoms with E-state index in [9.17, 15) is 15.4 Å². The fourth-order valence-corrected chi connectivity index (χ4v) is 4.07. The lowest BCUT2D eigenvalue weighted by Gasteiger charge is -2.13. The Labute approximate surface area is 181 Å². The molecular formula is C22H13ClN4O2S.